The normalized spacial score (nSPS) is 18.9. The van der Waals surface area contributed by atoms with Crippen LogP contribution in [0, 0.1) is 5.92 Å². The van der Waals surface area contributed by atoms with Gasteiger partial charge in [0.1, 0.15) is 0 Å². The summed E-state index contributed by atoms with van der Waals surface area (Å²) in [6.07, 6.45) is 1.38. The van der Waals surface area contributed by atoms with Crippen LogP contribution in [0.3, 0.4) is 0 Å². The quantitative estimate of drug-likeness (QED) is 0.800. The van der Waals surface area contributed by atoms with E-state index >= 15 is 0 Å². The molecule has 0 amide bonds. The molecule has 2 heterocycles. The third-order valence-electron chi connectivity index (χ3n) is 4.98. The van der Waals surface area contributed by atoms with Gasteiger partial charge in [0.15, 0.2) is 0 Å². The Balaban J connectivity index is 1.84. The van der Waals surface area contributed by atoms with Gasteiger partial charge in [0, 0.05) is 6.20 Å². The van der Waals surface area contributed by atoms with Crippen molar-refractivity contribution in [2.45, 2.75) is 52.7 Å². The van der Waals surface area contributed by atoms with E-state index in [-0.39, 0.29) is 17.3 Å². The first kappa shape index (κ1) is 18.0. The fourth-order valence-electron chi connectivity index (χ4n) is 2.75. The Morgan fingerprint density at radius 2 is 1.80 bits per heavy atom. The van der Waals surface area contributed by atoms with Gasteiger partial charge in [-0.1, -0.05) is 26.0 Å². The average Bonchev–Trinajstić information content (AvgIpc) is 3.02. The Kier molecular flexibility index (Phi) is 4.46. The van der Waals surface area contributed by atoms with E-state index in [9.17, 15) is 4.79 Å². The third-order valence-corrected chi connectivity index (χ3v) is 4.98. The number of fused-ring (bicyclic) bond motifs is 1. The van der Waals surface area contributed by atoms with Crippen molar-refractivity contribution in [3.8, 4) is 0 Å². The molecular formula is C19H26BNO4. The fraction of sp³-hybridized carbons (Fsp3) is 0.526. The van der Waals surface area contributed by atoms with E-state index in [0.717, 1.165) is 16.4 Å². The molecular weight excluding hydrogens is 317 g/mol. The van der Waals surface area contributed by atoms with Gasteiger partial charge >= 0.3 is 13.2 Å². The zero-order valence-corrected chi connectivity index (χ0v) is 15.8. The van der Waals surface area contributed by atoms with Gasteiger partial charge in [-0.05, 0) is 56.6 Å². The molecule has 1 aliphatic heterocycles. The summed E-state index contributed by atoms with van der Waals surface area (Å²) in [5.74, 6) is 0.306. The predicted molar refractivity (Wildman–Crippen MR) is 99.2 cm³/mol. The summed E-state index contributed by atoms with van der Waals surface area (Å²) >= 11 is 0. The van der Waals surface area contributed by atoms with Gasteiger partial charge in [-0.3, -0.25) is 4.57 Å². The van der Waals surface area contributed by atoms with E-state index in [1.54, 1.807) is 6.20 Å². The summed E-state index contributed by atoms with van der Waals surface area (Å²) in [5.41, 5.74) is 1.01. The van der Waals surface area contributed by atoms with Gasteiger partial charge < -0.3 is 14.0 Å². The second-order valence-electron chi connectivity index (χ2n) is 8.06. The van der Waals surface area contributed by atoms with Crippen LogP contribution in [0.4, 0.5) is 4.79 Å². The Morgan fingerprint density at radius 3 is 2.40 bits per heavy atom. The lowest BCUT2D eigenvalue weighted by atomic mass is 9.79. The number of ether oxygens (including phenoxy) is 1. The van der Waals surface area contributed by atoms with Crippen LogP contribution in [-0.2, 0) is 14.0 Å². The van der Waals surface area contributed by atoms with Crippen LogP contribution in [0.1, 0.15) is 41.5 Å². The number of benzene rings is 1. The SMILES string of the molecule is CC(C)COC(=O)n1ccc2cc(B3OC(C)(C)C(C)(C)O3)ccc21. The van der Waals surface area contributed by atoms with Gasteiger partial charge in [-0.25, -0.2) is 4.79 Å². The van der Waals surface area contributed by atoms with Crippen molar-refractivity contribution < 1.29 is 18.8 Å². The number of hydrogen-bond acceptors (Lipinski definition) is 4. The van der Waals surface area contributed by atoms with Gasteiger partial charge in [-0.2, -0.15) is 0 Å². The van der Waals surface area contributed by atoms with Gasteiger partial charge in [0.05, 0.1) is 23.3 Å². The van der Waals surface area contributed by atoms with E-state index in [1.165, 1.54) is 4.57 Å². The Labute approximate surface area is 149 Å². The molecule has 1 aromatic carbocycles. The number of carbonyl (C=O) groups is 1. The van der Waals surface area contributed by atoms with E-state index in [2.05, 4.69) is 0 Å². The van der Waals surface area contributed by atoms with Gasteiger partial charge in [0.2, 0.25) is 0 Å². The summed E-state index contributed by atoms with van der Waals surface area (Å²) in [6, 6.07) is 7.76. The van der Waals surface area contributed by atoms with Crippen LogP contribution in [-0.4, -0.2) is 35.6 Å². The molecule has 0 N–H and O–H groups in total. The molecule has 0 atom stereocenters. The third kappa shape index (κ3) is 3.33. The lowest BCUT2D eigenvalue weighted by Gasteiger charge is -2.32. The summed E-state index contributed by atoms with van der Waals surface area (Å²) < 4.78 is 19.0. The predicted octanol–water partition coefficient (Wildman–Crippen LogP) is 3.58. The monoisotopic (exact) mass is 343 g/mol. The molecule has 25 heavy (non-hydrogen) atoms. The molecule has 1 fully saturated rings. The van der Waals surface area contributed by atoms with Crippen LogP contribution >= 0.6 is 0 Å². The zero-order chi connectivity index (χ0) is 18.4. The molecule has 0 radical (unpaired) electrons. The standard InChI is InChI=1S/C19H26BNO4/c1-13(2)12-23-17(22)21-10-9-14-11-15(7-8-16(14)21)20-24-18(3,4)19(5,6)25-20/h7-11,13H,12H2,1-6H3. The van der Waals surface area contributed by atoms with Gasteiger partial charge in [0.25, 0.3) is 0 Å². The first-order valence-corrected chi connectivity index (χ1v) is 8.74. The molecule has 134 valence electrons. The second kappa shape index (κ2) is 6.18. The smallest absolute Gasteiger partial charge is 0.449 e. The number of aromatic nitrogens is 1. The average molecular weight is 343 g/mol. The van der Waals surface area contributed by atoms with Crippen LogP contribution in [0.5, 0.6) is 0 Å². The first-order valence-electron chi connectivity index (χ1n) is 8.74. The second-order valence-corrected chi connectivity index (χ2v) is 8.06. The molecule has 1 saturated heterocycles. The number of nitrogens with zero attached hydrogens (tertiary/aromatic N) is 1. The van der Waals surface area contributed by atoms with Crippen LogP contribution < -0.4 is 5.46 Å². The van der Waals surface area contributed by atoms with E-state index in [0.29, 0.717) is 12.5 Å². The largest absolute Gasteiger partial charge is 0.494 e. The molecule has 0 spiro atoms. The molecule has 5 nitrogen and oxygen atoms in total. The van der Waals surface area contributed by atoms with E-state index < -0.39 is 7.12 Å². The van der Waals surface area contributed by atoms with Crippen molar-refractivity contribution in [2.75, 3.05) is 6.61 Å². The maximum Gasteiger partial charge on any atom is 0.494 e. The number of rotatable bonds is 3. The summed E-state index contributed by atoms with van der Waals surface area (Å²) in [4.78, 5) is 12.2. The number of carbonyl (C=O) groups excluding carboxylic acids is 1. The molecule has 2 aromatic rings. The molecule has 0 bridgehead atoms. The van der Waals surface area contributed by atoms with Crippen LogP contribution in [0.15, 0.2) is 30.5 Å². The molecule has 0 unspecified atom stereocenters. The fourth-order valence-corrected chi connectivity index (χ4v) is 2.75. The van der Waals surface area contributed by atoms with Crippen molar-refractivity contribution in [3.63, 3.8) is 0 Å². The topological polar surface area (TPSA) is 49.7 Å². The van der Waals surface area contributed by atoms with E-state index in [4.69, 9.17) is 14.0 Å². The minimum Gasteiger partial charge on any atom is -0.449 e. The highest BCUT2D eigenvalue weighted by Crippen LogP contribution is 2.36. The van der Waals surface area contributed by atoms with E-state index in [1.807, 2.05) is 65.8 Å². The van der Waals surface area contributed by atoms with Gasteiger partial charge in [-0.15, -0.1) is 0 Å². The lowest BCUT2D eigenvalue weighted by Crippen LogP contribution is -2.41. The Morgan fingerprint density at radius 1 is 1.16 bits per heavy atom. The van der Waals surface area contributed by atoms with Crippen LogP contribution in [0.2, 0.25) is 0 Å². The Hall–Kier alpha value is -1.79. The highest BCUT2D eigenvalue weighted by molar-refractivity contribution is 6.62. The molecule has 0 saturated carbocycles. The molecule has 1 aliphatic rings. The van der Waals surface area contributed by atoms with Crippen molar-refractivity contribution >= 4 is 29.6 Å². The highest BCUT2D eigenvalue weighted by atomic mass is 16.7. The van der Waals surface area contributed by atoms with Crippen molar-refractivity contribution in [1.29, 1.82) is 0 Å². The first-order chi connectivity index (χ1) is 11.6. The molecule has 1 aromatic heterocycles. The highest BCUT2D eigenvalue weighted by Gasteiger charge is 2.51. The van der Waals surface area contributed by atoms with Crippen molar-refractivity contribution in [2.24, 2.45) is 5.92 Å². The van der Waals surface area contributed by atoms with Crippen molar-refractivity contribution in [3.05, 3.63) is 30.5 Å². The lowest BCUT2D eigenvalue weighted by molar-refractivity contribution is 0.00578. The minimum absolute atomic E-state index is 0.306. The summed E-state index contributed by atoms with van der Waals surface area (Å²) in [6.45, 7) is 12.6. The van der Waals surface area contributed by atoms with Crippen LogP contribution in [0.25, 0.3) is 10.9 Å². The summed E-state index contributed by atoms with van der Waals surface area (Å²) in [5, 5.41) is 0.953. The molecule has 3 rings (SSSR count). The molecule has 0 aliphatic carbocycles. The minimum atomic E-state index is -0.411. The Bertz CT molecular complexity index is 778. The zero-order valence-electron chi connectivity index (χ0n) is 15.8. The molecule has 6 heteroatoms. The van der Waals surface area contributed by atoms with Crippen molar-refractivity contribution in [1.82, 2.24) is 4.57 Å². The maximum absolute atomic E-state index is 12.2. The maximum atomic E-state index is 12.2. The summed E-state index contributed by atoms with van der Waals surface area (Å²) in [7, 11) is -0.411. The number of hydrogen-bond donors (Lipinski definition) is 0.